The Labute approximate surface area is 123 Å². The number of methoxy groups -OCH3 is 1. The van der Waals surface area contributed by atoms with Gasteiger partial charge in [-0.2, -0.15) is 0 Å². The zero-order valence-electron chi connectivity index (χ0n) is 10.6. The topological polar surface area (TPSA) is 65.2 Å². The lowest BCUT2D eigenvalue weighted by Gasteiger charge is -1.91. The third-order valence-electron chi connectivity index (χ3n) is 2.75. The lowest BCUT2D eigenvalue weighted by atomic mass is 10.3. The van der Waals surface area contributed by atoms with Crippen LogP contribution in [0, 0.1) is 6.92 Å². The Kier molecular flexibility index (Phi) is 3.19. The number of aromatic nitrogens is 2. The van der Waals surface area contributed by atoms with Gasteiger partial charge in [-0.3, -0.25) is 4.98 Å². The normalized spacial score (nSPS) is 10.9. The fourth-order valence-electron chi connectivity index (χ4n) is 1.80. The second kappa shape index (κ2) is 4.88. The van der Waals surface area contributed by atoms with E-state index in [0.717, 1.165) is 15.1 Å². The molecule has 0 spiro atoms. The number of carbonyl (C=O) groups is 1. The number of ether oxygens (including phenoxy) is 1. The first kappa shape index (κ1) is 13.1. The van der Waals surface area contributed by atoms with Crippen LogP contribution in [-0.4, -0.2) is 23.0 Å². The molecule has 0 aliphatic rings. The highest BCUT2D eigenvalue weighted by Gasteiger charge is 2.20. The predicted molar refractivity (Wildman–Crippen MR) is 76.2 cm³/mol. The van der Waals surface area contributed by atoms with Crippen LogP contribution in [0.2, 0.25) is 5.02 Å². The van der Waals surface area contributed by atoms with E-state index >= 15 is 0 Å². The number of hydrogen-bond acceptors (Lipinski definition) is 6. The molecular formula is C13H9ClN2O3S. The number of hydrogen-bond donors (Lipinski definition) is 0. The summed E-state index contributed by atoms with van der Waals surface area (Å²) >= 11 is 7.53. The highest BCUT2D eigenvalue weighted by atomic mass is 35.5. The molecule has 0 fully saturated rings. The first-order valence-electron chi connectivity index (χ1n) is 5.70. The molecule has 7 heteroatoms. The summed E-state index contributed by atoms with van der Waals surface area (Å²) in [5, 5.41) is 0.628. The van der Waals surface area contributed by atoms with Crippen molar-refractivity contribution >= 4 is 39.1 Å². The summed E-state index contributed by atoms with van der Waals surface area (Å²) in [6.45, 7) is 1.67. The van der Waals surface area contributed by atoms with Crippen LogP contribution >= 0.6 is 22.9 Å². The monoisotopic (exact) mass is 308 g/mol. The molecule has 0 aromatic carbocycles. The molecule has 0 aliphatic heterocycles. The van der Waals surface area contributed by atoms with Crippen LogP contribution in [0.1, 0.15) is 16.2 Å². The third-order valence-corrected chi connectivity index (χ3v) is 4.32. The quantitative estimate of drug-likeness (QED) is 0.675. The Morgan fingerprint density at radius 3 is 3.00 bits per heavy atom. The Balaban J connectivity index is 2.11. The molecule has 0 bridgehead atoms. The molecule has 3 rings (SSSR count). The molecule has 3 aromatic rings. The number of halogens is 1. The molecule has 3 heterocycles. The smallest absolute Gasteiger partial charge is 0.360 e. The largest absolute Gasteiger partial charge is 0.464 e. The third kappa shape index (κ3) is 2.07. The standard InChI is InChI=1S/C13H9ClN2O3S/c1-6-10(13(17)18-2)16-12(19-6)9-5-8-11(20-9)7(14)3-4-15-8/h3-5H,1-2H3. The van der Waals surface area contributed by atoms with E-state index in [4.69, 9.17) is 16.0 Å². The molecule has 0 atom stereocenters. The molecule has 102 valence electrons. The minimum atomic E-state index is -0.519. The zero-order valence-corrected chi connectivity index (χ0v) is 12.2. The van der Waals surface area contributed by atoms with Gasteiger partial charge in [0.2, 0.25) is 5.89 Å². The van der Waals surface area contributed by atoms with E-state index < -0.39 is 5.97 Å². The van der Waals surface area contributed by atoms with Crippen molar-refractivity contribution in [3.05, 3.63) is 34.8 Å². The van der Waals surface area contributed by atoms with E-state index in [0.29, 0.717) is 16.7 Å². The highest BCUT2D eigenvalue weighted by molar-refractivity contribution is 7.22. The van der Waals surface area contributed by atoms with Crippen LogP contribution in [0.5, 0.6) is 0 Å². The van der Waals surface area contributed by atoms with E-state index in [2.05, 4.69) is 14.7 Å². The second-order valence-electron chi connectivity index (χ2n) is 4.03. The number of nitrogens with zero attached hydrogens (tertiary/aromatic N) is 2. The molecule has 0 aliphatic carbocycles. The van der Waals surface area contributed by atoms with Crippen LogP contribution in [0.25, 0.3) is 21.0 Å². The van der Waals surface area contributed by atoms with Crippen molar-refractivity contribution in [1.29, 1.82) is 0 Å². The average Bonchev–Trinajstić information content (AvgIpc) is 3.02. The molecule has 0 N–H and O–H groups in total. The maximum Gasteiger partial charge on any atom is 0.360 e. The zero-order chi connectivity index (χ0) is 14.3. The minimum absolute atomic E-state index is 0.180. The van der Waals surface area contributed by atoms with Crippen molar-refractivity contribution in [3.8, 4) is 10.8 Å². The summed E-state index contributed by atoms with van der Waals surface area (Å²) in [6.07, 6.45) is 1.64. The molecular weight excluding hydrogens is 300 g/mol. The van der Waals surface area contributed by atoms with E-state index in [-0.39, 0.29) is 5.69 Å². The number of carbonyl (C=O) groups excluding carboxylic acids is 1. The number of fused-ring (bicyclic) bond motifs is 1. The van der Waals surface area contributed by atoms with Crippen molar-refractivity contribution in [1.82, 2.24) is 9.97 Å². The minimum Gasteiger partial charge on any atom is -0.464 e. The SMILES string of the molecule is COC(=O)c1nc(-c2cc3nccc(Cl)c3s2)oc1C. The van der Waals surface area contributed by atoms with Crippen LogP contribution in [0.4, 0.5) is 0 Å². The Bertz CT molecular complexity index is 809. The van der Waals surface area contributed by atoms with E-state index in [9.17, 15) is 4.79 Å². The maximum absolute atomic E-state index is 11.5. The molecule has 0 radical (unpaired) electrons. The number of esters is 1. The van der Waals surface area contributed by atoms with Crippen molar-refractivity contribution in [2.24, 2.45) is 0 Å². The molecule has 3 aromatic heterocycles. The molecule has 0 saturated heterocycles. The number of aryl methyl sites for hydroxylation is 1. The lowest BCUT2D eigenvalue weighted by molar-refractivity contribution is 0.0593. The Hall–Kier alpha value is -1.92. The average molecular weight is 309 g/mol. The summed E-state index contributed by atoms with van der Waals surface area (Å²) in [5.74, 6) is 0.264. The molecule has 0 unspecified atom stereocenters. The van der Waals surface area contributed by atoms with Gasteiger partial charge in [0.25, 0.3) is 0 Å². The Morgan fingerprint density at radius 1 is 1.50 bits per heavy atom. The molecule has 5 nitrogen and oxygen atoms in total. The van der Waals surface area contributed by atoms with Gasteiger partial charge in [0.05, 0.1) is 27.2 Å². The lowest BCUT2D eigenvalue weighted by Crippen LogP contribution is -2.03. The second-order valence-corrected chi connectivity index (χ2v) is 5.49. The van der Waals surface area contributed by atoms with Gasteiger partial charge in [-0.05, 0) is 19.1 Å². The van der Waals surface area contributed by atoms with Crippen molar-refractivity contribution in [2.75, 3.05) is 7.11 Å². The van der Waals surface area contributed by atoms with Gasteiger partial charge >= 0.3 is 5.97 Å². The first-order valence-corrected chi connectivity index (χ1v) is 6.89. The van der Waals surface area contributed by atoms with Gasteiger partial charge in [0, 0.05) is 6.20 Å². The summed E-state index contributed by atoms with van der Waals surface area (Å²) < 4.78 is 11.0. The van der Waals surface area contributed by atoms with Gasteiger partial charge in [0.1, 0.15) is 5.76 Å². The number of pyridine rings is 1. The summed E-state index contributed by atoms with van der Waals surface area (Å²) in [5.41, 5.74) is 0.951. The maximum atomic E-state index is 11.5. The first-order chi connectivity index (χ1) is 9.60. The van der Waals surface area contributed by atoms with Crippen LogP contribution in [-0.2, 0) is 4.74 Å². The predicted octanol–water partition coefficient (Wildman–Crippen LogP) is 3.70. The summed E-state index contributed by atoms with van der Waals surface area (Å²) in [7, 11) is 1.30. The number of rotatable bonds is 2. The van der Waals surface area contributed by atoms with Crippen LogP contribution in [0.15, 0.2) is 22.7 Å². The molecule has 0 amide bonds. The van der Waals surface area contributed by atoms with Gasteiger partial charge in [-0.1, -0.05) is 11.6 Å². The van der Waals surface area contributed by atoms with Crippen molar-refractivity contribution in [2.45, 2.75) is 6.92 Å². The number of thiophene rings is 1. The summed E-state index contributed by atoms with van der Waals surface area (Å²) in [4.78, 5) is 20.7. The van der Waals surface area contributed by atoms with Crippen LogP contribution < -0.4 is 0 Å². The van der Waals surface area contributed by atoms with Crippen LogP contribution in [0.3, 0.4) is 0 Å². The highest BCUT2D eigenvalue weighted by Crippen LogP contribution is 2.36. The fraction of sp³-hybridized carbons (Fsp3) is 0.154. The van der Waals surface area contributed by atoms with Gasteiger partial charge in [-0.25, -0.2) is 9.78 Å². The van der Waals surface area contributed by atoms with Gasteiger partial charge < -0.3 is 9.15 Å². The van der Waals surface area contributed by atoms with Crippen molar-refractivity contribution in [3.63, 3.8) is 0 Å². The van der Waals surface area contributed by atoms with Gasteiger partial charge in [0.15, 0.2) is 5.69 Å². The molecule has 20 heavy (non-hydrogen) atoms. The van der Waals surface area contributed by atoms with Gasteiger partial charge in [-0.15, -0.1) is 11.3 Å². The Morgan fingerprint density at radius 2 is 2.30 bits per heavy atom. The van der Waals surface area contributed by atoms with E-state index in [1.54, 1.807) is 19.2 Å². The van der Waals surface area contributed by atoms with Crippen molar-refractivity contribution < 1.29 is 13.9 Å². The molecule has 0 saturated carbocycles. The summed E-state index contributed by atoms with van der Waals surface area (Å²) in [6, 6.07) is 3.56. The fourth-order valence-corrected chi connectivity index (χ4v) is 3.02. The number of oxazole rings is 1. The van der Waals surface area contributed by atoms with E-state index in [1.807, 2.05) is 6.07 Å². The van der Waals surface area contributed by atoms with E-state index in [1.165, 1.54) is 18.4 Å².